The molecule has 0 atom stereocenters. The minimum atomic E-state index is 0.267. The molecule has 1 aromatic heterocycles. The lowest BCUT2D eigenvalue weighted by atomic mass is 9.97. The van der Waals surface area contributed by atoms with E-state index in [4.69, 9.17) is 4.42 Å². The van der Waals surface area contributed by atoms with Crippen LogP contribution in [0.2, 0.25) is 0 Å². The summed E-state index contributed by atoms with van der Waals surface area (Å²) < 4.78 is 5.65. The number of aryl methyl sites for hydroxylation is 2. The van der Waals surface area contributed by atoms with Crippen LogP contribution in [0.1, 0.15) is 43.0 Å². The zero-order valence-electron chi connectivity index (χ0n) is 13.0. The smallest absolute Gasteiger partial charge is 0.223 e. The highest BCUT2D eigenvalue weighted by atomic mass is 16.4. The van der Waals surface area contributed by atoms with Crippen LogP contribution in [0, 0.1) is 25.7 Å². The number of likely N-dealkylation sites (tertiary alicyclic amines) is 1. The molecule has 5 heteroatoms. The predicted octanol–water partition coefficient (Wildman–Crippen LogP) is 2.03. The van der Waals surface area contributed by atoms with Gasteiger partial charge in [0.05, 0.1) is 12.2 Å². The van der Waals surface area contributed by atoms with Crippen LogP contribution in [0.5, 0.6) is 0 Å². The molecular weight excluding hydrogens is 266 g/mol. The summed E-state index contributed by atoms with van der Waals surface area (Å²) in [6, 6.07) is 0. The molecule has 5 nitrogen and oxygen atoms in total. The molecule has 1 N–H and O–H groups in total. The number of aromatic nitrogens is 1. The van der Waals surface area contributed by atoms with Gasteiger partial charge in [0.1, 0.15) is 5.76 Å². The van der Waals surface area contributed by atoms with E-state index in [1.807, 2.05) is 13.8 Å². The van der Waals surface area contributed by atoms with Crippen LogP contribution in [0.3, 0.4) is 0 Å². The van der Waals surface area contributed by atoms with Crippen molar-refractivity contribution in [2.75, 3.05) is 19.6 Å². The zero-order chi connectivity index (χ0) is 14.8. The van der Waals surface area contributed by atoms with Crippen LogP contribution in [-0.2, 0) is 11.3 Å². The summed E-state index contributed by atoms with van der Waals surface area (Å²) in [7, 11) is 0. The number of carbonyl (C=O) groups excluding carboxylic acids is 1. The highest BCUT2D eigenvalue weighted by Crippen LogP contribution is 2.29. The third kappa shape index (κ3) is 3.84. The van der Waals surface area contributed by atoms with Crippen molar-refractivity contribution in [1.29, 1.82) is 0 Å². The number of nitrogens with one attached hydrogen (secondary N) is 1. The van der Waals surface area contributed by atoms with Gasteiger partial charge >= 0.3 is 0 Å². The largest absolute Gasteiger partial charge is 0.444 e. The van der Waals surface area contributed by atoms with E-state index in [1.165, 1.54) is 0 Å². The molecule has 21 heavy (non-hydrogen) atoms. The Morgan fingerprint density at radius 3 is 2.57 bits per heavy atom. The van der Waals surface area contributed by atoms with Gasteiger partial charge in [0.15, 0.2) is 0 Å². The van der Waals surface area contributed by atoms with Crippen molar-refractivity contribution in [1.82, 2.24) is 15.2 Å². The van der Waals surface area contributed by atoms with Gasteiger partial charge in [-0.25, -0.2) is 4.98 Å². The number of rotatable bonds is 5. The molecule has 116 valence electrons. The van der Waals surface area contributed by atoms with E-state index >= 15 is 0 Å². The number of nitrogens with zero attached hydrogens (tertiary/aromatic N) is 2. The van der Waals surface area contributed by atoms with E-state index in [0.29, 0.717) is 11.8 Å². The molecule has 2 heterocycles. The summed E-state index contributed by atoms with van der Waals surface area (Å²) in [6.45, 7) is 7.71. The Kier molecular flexibility index (Phi) is 4.29. The Morgan fingerprint density at radius 2 is 2.00 bits per heavy atom. The molecule has 1 aromatic rings. The van der Waals surface area contributed by atoms with Crippen molar-refractivity contribution in [2.45, 2.75) is 46.1 Å². The van der Waals surface area contributed by atoms with Crippen LogP contribution in [-0.4, -0.2) is 35.4 Å². The number of oxazole rings is 1. The number of piperidine rings is 1. The minimum absolute atomic E-state index is 0.267. The molecule has 1 saturated heterocycles. The quantitative estimate of drug-likeness (QED) is 0.902. The summed E-state index contributed by atoms with van der Waals surface area (Å²) in [5.74, 6) is 2.95. The Bertz CT molecular complexity index is 480. The van der Waals surface area contributed by atoms with Gasteiger partial charge in [0, 0.05) is 12.5 Å². The van der Waals surface area contributed by atoms with Gasteiger partial charge in [-0.15, -0.1) is 0 Å². The van der Waals surface area contributed by atoms with Gasteiger partial charge < -0.3 is 9.73 Å². The number of hydrogen-bond acceptors (Lipinski definition) is 4. The van der Waals surface area contributed by atoms with Gasteiger partial charge in [0.2, 0.25) is 11.8 Å². The predicted molar refractivity (Wildman–Crippen MR) is 79.7 cm³/mol. The molecule has 2 aliphatic rings. The van der Waals surface area contributed by atoms with E-state index in [-0.39, 0.29) is 5.91 Å². The highest BCUT2D eigenvalue weighted by Gasteiger charge is 2.30. The van der Waals surface area contributed by atoms with Crippen LogP contribution < -0.4 is 5.32 Å². The lowest BCUT2D eigenvalue weighted by Gasteiger charge is -2.31. The second-order valence-corrected chi connectivity index (χ2v) is 6.49. The molecule has 1 aliphatic heterocycles. The maximum absolute atomic E-state index is 11.6. The maximum atomic E-state index is 11.6. The van der Waals surface area contributed by atoms with Crippen molar-refractivity contribution in [3.8, 4) is 0 Å². The first-order valence-corrected chi connectivity index (χ1v) is 8.05. The average molecular weight is 291 g/mol. The van der Waals surface area contributed by atoms with Gasteiger partial charge in [-0.1, -0.05) is 0 Å². The zero-order valence-corrected chi connectivity index (χ0v) is 13.0. The van der Waals surface area contributed by atoms with Gasteiger partial charge in [-0.2, -0.15) is 0 Å². The van der Waals surface area contributed by atoms with Crippen LogP contribution in [0.4, 0.5) is 0 Å². The molecule has 1 saturated carbocycles. The van der Waals surface area contributed by atoms with Gasteiger partial charge in [-0.3, -0.25) is 9.69 Å². The van der Waals surface area contributed by atoms with Crippen molar-refractivity contribution in [2.24, 2.45) is 11.8 Å². The second kappa shape index (κ2) is 6.18. The Balaban J connectivity index is 1.39. The molecule has 1 aliphatic carbocycles. The van der Waals surface area contributed by atoms with E-state index < -0.39 is 0 Å². The lowest BCUT2D eigenvalue weighted by molar-refractivity contribution is -0.122. The third-order valence-corrected chi connectivity index (χ3v) is 4.65. The molecule has 0 unspecified atom stereocenters. The summed E-state index contributed by atoms with van der Waals surface area (Å²) >= 11 is 0. The Labute approximate surface area is 126 Å². The Hall–Kier alpha value is -1.36. The molecular formula is C16H25N3O2. The molecule has 3 rings (SSSR count). The minimum Gasteiger partial charge on any atom is -0.444 e. The summed E-state index contributed by atoms with van der Waals surface area (Å²) in [5, 5.41) is 3.10. The molecule has 0 aromatic carbocycles. The van der Waals surface area contributed by atoms with Crippen LogP contribution in [0.25, 0.3) is 0 Å². The lowest BCUT2D eigenvalue weighted by Crippen LogP contribution is -2.38. The molecule has 1 amide bonds. The summed E-state index contributed by atoms with van der Waals surface area (Å²) in [5.41, 5.74) is 0.989. The third-order valence-electron chi connectivity index (χ3n) is 4.65. The fraction of sp³-hybridized carbons (Fsp3) is 0.750. The van der Waals surface area contributed by atoms with Crippen molar-refractivity contribution < 1.29 is 9.21 Å². The fourth-order valence-electron chi connectivity index (χ4n) is 2.88. The van der Waals surface area contributed by atoms with Crippen molar-refractivity contribution >= 4 is 5.91 Å². The van der Waals surface area contributed by atoms with Gasteiger partial charge in [-0.05, 0) is 58.5 Å². The van der Waals surface area contributed by atoms with E-state index in [9.17, 15) is 4.79 Å². The Morgan fingerprint density at radius 1 is 1.29 bits per heavy atom. The highest BCUT2D eigenvalue weighted by molar-refractivity contribution is 5.80. The first kappa shape index (κ1) is 14.6. The summed E-state index contributed by atoms with van der Waals surface area (Å²) in [6.07, 6.45) is 4.45. The van der Waals surface area contributed by atoms with E-state index in [0.717, 1.165) is 69.2 Å². The standard InChI is InChI=1S/C16H25N3O2/c1-11-12(2)21-15(18-11)10-19-7-5-13(6-8-19)9-17-16(20)14-3-4-14/h13-14H,3-10H2,1-2H3,(H,17,20). The van der Waals surface area contributed by atoms with Crippen molar-refractivity contribution in [3.63, 3.8) is 0 Å². The van der Waals surface area contributed by atoms with E-state index in [2.05, 4.69) is 15.2 Å². The number of amides is 1. The molecule has 0 bridgehead atoms. The number of carbonyl (C=O) groups is 1. The first-order valence-electron chi connectivity index (χ1n) is 8.05. The number of hydrogen-bond donors (Lipinski definition) is 1. The van der Waals surface area contributed by atoms with Crippen LogP contribution >= 0.6 is 0 Å². The molecule has 0 spiro atoms. The molecule has 2 fully saturated rings. The van der Waals surface area contributed by atoms with Gasteiger partial charge in [0.25, 0.3) is 0 Å². The second-order valence-electron chi connectivity index (χ2n) is 6.49. The fourth-order valence-corrected chi connectivity index (χ4v) is 2.88. The molecule has 0 radical (unpaired) electrons. The van der Waals surface area contributed by atoms with E-state index in [1.54, 1.807) is 0 Å². The van der Waals surface area contributed by atoms with Crippen LogP contribution in [0.15, 0.2) is 4.42 Å². The topological polar surface area (TPSA) is 58.4 Å². The summed E-state index contributed by atoms with van der Waals surface area (Å²) in [4.78, 5) is 18.5. The van der Waals surface area contributed by atoms with Crippen molar-refractivity contribution in [3.05, 3.63) is 17.3 Å². The maximum Gasteiger partial charge on any atom is 0.223 e. The first-order chi connectivity index (χ1) is 10.1. The normalized spacial score (nSPS) is 20.7. The average Bonchev–Trinajstić information content (AvgIpc) is 3.26. The SMILES string of the molecule is Cc1nc(CN2CCC(CNC(=O)C3CC3)CC2)oc1C. The monoisotopic (exact) mass is 291 g/mol.